The fraction of sp³-hybridized carbons (Fsp3) is 0.875. The summed E-state index contributed by atoms with van der Waals surface area (Å²) < 4.78 is 0. The van der Waals surface area contributed by atoms with Crippen LogP contribution in [-0.2, 0) is 4.79 Å². The molecule has 0 rings (SSSR count). The second-order valence-electron chi connectivity index (χ2n) is 2.52. The van der Waals surface area contributed by atoms with Gasteiger partial charge in [-0.3, -0.25) is 4.79 Å². The molecule has 0 bridgehead atoms. The van der Waals surface area contributed by atoms with Gasteiger partial charge < -0.3 is 5.11 Å². The second kappa shape index (κ2) is 4.71. The van der Waals surface area contributed by atoms with Gasteiger partial charge in [0.2, 0.25) is 0 Å². The summed E-state index contributed by atoms with van der Waals surface area (Å²) >= 11 is 0. The van der Waals surface area contributed by atoms with E-state index in [0.29, 0.717) is 0 Å². The Labute approximate surface area is 70.2 Å². The molecular weight excluding hydrogens is 159 g/mol. The Morgan fingerprint density at radius 3 is 1.91 bits per heavy atom. The summed E-state index contributed by atoms with van der Waals surface area (Å²) in [6.07, 6.45) is 2.39. The standard InChI is InChI=1S/C8H16O2P/c1-4-8(5-2,7(9)10)11-6-3/h4-6H2,1-3H3,(H,9,10). The normalized spacial score (nSPS) is 12.6. The zero-order valence-electron chi connectivity index (χ0n) is 7.42. The Morgan fingerprint density at radius 1 is 1.36 bits per heavy atom. The molecule has 0 aromatic rings. The maximum Gasteiger partial charge on any atom is 0.314 e. The molecule has 0 unspecified atom stereocenters. The van der Waals surface area contributed by atoms with E-state index >= 15 is 0 Å². The SMILES string of the molecule is CC[P]C(CC)(CC)C(=O)O. The summed E-state index contributed by atoms with van der Waals surface area (Å²) in [4.78, 5) is 10.9. The van der Waals surface area contributed by atoms with Gasteiger partial charge >= 0.3 is 5.97 Å². The van der Waals surface area contributed by atoms with Crippen LogP contribution in [0.1, 0.15) is 33.6 Å². The van der Waals surface area contributed by atoms with Gasteiger partial charge in [0.05, 0.1) is 5.16 Å². The van der Waals surface area contributed by atoms with Crippen LogP contribution in [0.15, 0.2) is 0 Å². The van der Waals surface area contributed by atoms with E-state index in [1.54, 1.807) is 0 Å². The van der Waals surface area contributed by atoms with E-state index in [2.05, 4.69) is 0 Å². The Hall–Kier alpha value is -0.100. The minimum atomic E-state index is -0.647. The highest BCUT2D eigenvalue weighted by atomic mass is 31.1. The van der Waals surface area contributed by atoms with E-state index in [9.17, 15) is 4.79 Å². The number of rotatable bonds is 5. The van der Waals surface area contributed by atoms with Crippen LogP contribution in [-0.4, -0.2) is 22.4 Å². The van der Waals surface area contributed by atoms with Crippen molar-refractivity contribution in [2.45, 2.75) is 38.8 Å². The number of carboxylic acid groups (broad SMARTS) is 1. The summed E-state index contributed by atoms with van der Waals surface area (Å²) in [5, 5.41) is 8.47. The van der Waals surface area contributed by atoms with Gasteiger partial charge in [-0.15, -0.1) is 0 Å². The zero-order valence-corrected chi connectivity index (χ0v) is 8.32. The van der Waals surface area contributed by atoms with Gasteiger partial charge in [0.1, 0.15) is 0 Å². The molecule has 0 saturated heterocycles. The van der Waals surface area contributed by atoms with E-state index in [1.807, 2.05) is 20.8 Å². The molecule has 0 aliphatic heterocycles. The lowest BCUT2D eigenvalue weighted by atomic mass is 10.0. The summed E-state index contributed by atoms with van der Waals surface area (Å²) in [7, 11) is 1.04. The van der Waals surface area contributed by atoms with Gasteiger partial charge in [-0.25, -0.2) is 0 Å². The third kappa shape index (κ3) is 2.44. The molecule has 0 aromatic heterocycles. The number of carbonyl (C=O) groups is 1. The Bertz CT molecular complexity index is 130. The predicted octanol–water partition coefficient (Wildman–Crippen LogP) is 2.60. The van der Waals surface area contributed by atoms with Gasteiger partial charge in [0.25, 0.3) is 0 Å². The molecule has 65 valence electrons. The molecule has 3 heteroatoms. The molecule has 0 aromatic carbocycles. The third-order valence-electron chi connectivity index (χ3n) is 2.03. The minimum absolute atomic E-state index is 0.477. The molecule has 2 nitrogen and oxygen atoms in total. The van der Waals surface area contributed by atoms with Crippen molar-refractivity contribution in [2.24, 2.45) is 0 Å². The molecule has 0 aliphatic rings. The Balaban J connectivity index is 4.32. The summed E-state index contributed by atoms with van der Waals surface area (Å²) in [5.74, 6) is -0.647. The average molecular weight is 175 g/mol. The van der Waals surface area contributed by atoms with Crippen LogP contribution in [0.25, 0.3) is 0 Å². The molecule has 0 amide bonds. The topological polar surface area (TPSA) is 37.3 Å². The molecule has 0 aliphatic carbocycles. The largest absolute Gasteiger partial charge is 0.481 e. The molecular formula is C8H16O2P. The van der Waals surface area contributed by atoms with Crippen molar-refractivity contribution in [1.82, 2.24) is 0 Å². The van der Waals surface area contributed by atoms with Crippen molar-refractivity contribution in [3.63, 3.8) is 0 Å². The molecule has 0 spiro atoms. The Kier molecular flexibility index (Phi) is 4.67. The minimum Gasteiger partial charge on any atom is -0.481 e. The first-order valence-corrected chi connectivity index (χ1v) is 5.13. The van der Waals surface area contributed by atoms with Crippen LogP contribution >= 0.6 is 8.58 Å². The first-order valence-electron chi connectivity index (χ1n) is 4.05. The van der Waals surface area contributed by atoms with E-state index in [-0.39, 0.29) is 0 Å². The quantitative estimate of drug-likeness (QED) is 0.652. The van der Waals surface area contributed by atoms with Gasteiger partial charge in [-0.05, 0) is 19.0 Å². The monoisotopic (exact) mass is 175 g/mol. The molecule has 1 radical (unpaired) electrons. The van der Waals surface area contributed by atoms with E-state index in [0.717, 1.165) is 27.6 Å². The van der Waals surface area contributed by atoms with Crippen LogP contribution in [0.5, 0.6) is 0 Å². The molecule has 11 heavy (non-hydrogen) atoms. The molecule has 1 N–H and O–H groups in total. The lowest BCUT2D eigenvalue weighted by Crippen LogP contribution is -2.32. The highest BCUT2D eigenvalue weighted by molar-refractivity contribution is 7.41. The predicted molar refractivity (Wildman–Crippen MR) is 48.4 cm³/mol. The highest BCUT2D eigenvalue weighted by Gasteiger charge is 2.34. The van der Waals surface area contributed by atoms with Gasteiger partial charge in [0, 0.05) is 0 Å². The average Bonchev–Trinajstić information content (AvgIpc) is 2.00. The number of hydrogen-bond donors (Lipinski definition) is 1. The third-order valence-corrected chi connectivity index (χ3v) is 3.77. The Morgan fingerprint density at radius 2 is 1.82 bits per heavy atom. The smallest absolute Gasteiger partial charge is 0.314 e. The van der Waals surface area contributed by atoms with Crippen LogP contribution in [0.4, 0.5) is 0 Å². The number of carboxylic acids is 1. The summed E-state index contributed by atoms with van der Waals surface area (Å²) in [6.45, 7) is 5.91. The van der Waals surface area contributed by atoms with Gasteiger partial charge in [-0.1, -0.05) is 29.4 Å². The van der Waals surface area contributed by atoms with E-state index < -0.39 is 11.1 Å². The fourth-order valence-electron chi connectivity index (χ4n) is 1.15. The van der Waals surface area contributed by atoms with Crippen LogP contribution in [0.2, 0.25) is 0 Å². The number of aliphatic carboxylic acids is 1. The van der Waals surface area contributed by atoms with Crippen molar-refractivity contribution in [1.29, 1.82) is 0 Å². The van der Waals surface area contributed by atoms with Crippen molar-refractivity contribution in [3.8, 4) is 0 Å². The molecule has 0 atom stereocenters. The second-order valence-corrected chi connectivity index (χ2v) is 4.32. The van der Waals surface area contributed by atoms with Crippen LogP contribution in [0.3, 0.4) is 0 Å². The fourth-order valence-corrected chi connectivity index (χ4v) is 2.33. The van der Waals surface area contributed by atoms with Crippen molar-refractivity contribution in [3.05, 3.63) is 0 Å². The highest BCUT2D eigenvalue weighted by Crippen LogP contribution is 2.37. The van der Waals surface area contributed by atoms with Gasteiger partial charge in [0.15, 0.2) is 0 Å². The van der Waals surface area contributed by atoms with Crippen LogP contribution in [0, 0.1) is 0 Å². The summed E-state index contributed by atoms with van der Waals surface area (Å²) in [5.41, 5.74) is 0. The molecule has 0 saturated carbocycles. The maximum absolute atomic E-state index is 10.9. The van der Waals surface area contributed by atoms with Gasteiger partial charge in [-0.2, -0.15) is 0 Å². The first-order chi connectivity index (χ1) is 5.13. The summed E-state index contributed by atoms with van der Waals surface area (Å²) in [6, 6.07) is 0. The maximum atomic E-state index is 10.9. The van der Waals surface area contributed by atoms with Crippen molar-refractivity contribution >= 4 is 14.6 Å². The first kappa shape index (κ1) is 10.9. The van der Waals surface area contributed by atoms with Crippen molar-refractivity contribution < 1.29 is 9.90 Å². The lowest BCUT2D eigenvalue weighted by molar-refractivity contribution is -0.140. The zero-order chi connectivity index (χ0) is 8.91. The molecule has 0 fully saturated rings. The van der Waals surface area contributed by atoms with Crippen molar-refractivity contribution in [2.75, 3.05) is 6.16 Å². The lowest BCUT2D eigenvalue weighted by Gasteiger charge is -2.24. The van der Waals surface area contributed by atoms with E-state index in [1.165, 1.54) is 0 Å². The van der Waals surface area contributed by atoms with E-state index in [4.69, 9.17) is 5.11 Å². The van der Waals surface area contributed by atoms with Crippen LogP contribution < -0.4 is 0 Å². The molecule has 0 heterocycles. The number of hydrogen-bond acceptors (Lipinski definition) is 1.